The van der Waals surface area contributed by atoms with E-state index in [-0.39, 0.29) is 16.2 Å². The number of benzene rings is 3. The smallest absolute Gasteiger partial charge is 0.273 e. The van der Waals surface area contributed by atoms with Crippen molar-refractivity contribution in [3.63, 3.8) is 0 Å². The van der Waals surface area contributed by atoms with Crippen LogP contribution in [0.15, 0.2) is 88.7 Å². The number of hydrogen-bond acceptors (Lipinski definition) is 6. The van der Waals surface area contributed by atoms with Crippen molar-refractivity contribution in [2.45, 2.75) is 11.8 Å². The number of rotatable bonds is 7. The summed E-state index contributed by atoms with van der Waals surface area (Å²) < 4.78 is 5.64. The quantitative estimate of drug-likeness (QED) is 0.286. The highest BCUT2D eigenvalue weighted by Crippen LogP contribution is 2.43. The molecule has 0 saturated carbocycles. The Morgan fingerprint density at radius 3 is 2.22 bits per heavy atom. The number of hydrogen-bond donors (Lipinski definition) is 0. The van der Waals surface area contributed by atoms with Gasteiger partial charge in [-0.2, -0.15) is 0 Å². The molecule has 1 heterocycles. The van der Waals surface area contributed by atoms with Crippen LogP contribution in [0.4, 0.5) is 11.4 Å². The molecule has 0 bridgehead atoms. The summed E-state index contributed by atoms with van der Waals surface area (Å²) in [5.74, 6) is -0.551. The fourth-order valence-electron chi connectivity index (χ4n) is 3.35. The Morgan fingerprint density at radius 2 is 1.56 bits per heavy atom. The van der Waals surface area contributed by atoms with Crippen molar-refractivity contribution in [1.82, 2.24) is 0 Å². The third kappa shape index (κ3) is 4.00. The van der Waals surface area contributed by atoms with E-state index in [1.165, 1.54) is 36.0 Å². The number of amides is 2. The lowest BCUT2D eigenvalue weighted by Crippen LogP contribution is -2.31. The van der Waals surface area contributed by atoms with E-state index < -0.39 is 16.7 Å². The number of carbonyl (C=O) groups is 2. The maximum Gasteiger partial charge on any atom is 0.273 e. The number of imide groups is 1. The average Bonchev–Trinajstić information content (AvgIpc) is 3.04. The van der Waals surface area contributed by atoms with E-state index in [9.17, 15) is 19.7 Å². The third-order valence-electron chi connectivity index (χ3n) is 4.78. The van der Waals surface area contributed by atoms with E-state index in [1.807, 2.05) is 37.3 Å². The molecule has 0 aliphatic carbocycles. The maximum atomic E-state index is 13.5. The predicted molar refractivity (Wildman–Crippen MR) is 122 cm³/mol. The third-order valence-corrected chi connectivity index (χ3v) is 5.87. The Hall–Kier alpha value is -3.91. The number of nitro benzene ring substituents is 1. The van der Waals surface area contributed by atoms with Crippen LogP contribution in [0.2, 0.25) is 0 Å². The van der Waals surface area contributed by atoms with E-state index in [4.69, 9.17) is 4.74 Å². The first-order chi connectivity index (χ1) is 15.5. The van der Waals surface area contributed by atoms with Crippen molar-refractivity contribution < 1.29 is 19.2 Å². The van der Waals surface area contributed by atoms with Gasteiger partial charge in [0.25, 0.3) is 17.5 Å². The second-order valence-electron chi connectivity index (χ2n) is 6.77. The Kier molecular flexibility index (Phi) is 6.04. The summed E-state index contributed by atoms with van der Waals surface area (Å²) in [6, 6.07) is 21.7. The van der Waals surface area contributed by atoms with E-state index in [0.717, 1.165) is 9.80 Å². The molecule has 7 nitrogen and oxygen atoms in total. The van der Waals surface area contributed by atoms with Gasteiger partial charge in [0, 0.05) is 17.0 Å². The molecule has 3 aromatic carbocycles. The van der Waals surface area contributed by atoms with Crippen LogP contribution in [-0.4, -0.2) is 23.3 Å². The van der Waals surface area contributed by atoms with E-state index in [2.05, 4.69) is 0 Å². The zero-order valence-electron chi connectivity index (χ0n) is 17.1. The van der Waals surface area contributed by atoms with Crippen molar-refractivity contribution in [1.29, 1.82) is 0 Å². The van der Waals surface area contributed by atoms with E-state index in [1.54, 1.807) is 24.3 Å². The summed E-state index contributed by atoms with van der Waals surface area (Å²) in [6.07, 6.45) is 0. The molecule has 160 valence electrons. The Balaban J connectivity index is 1.82. The fraction of sp³-hybridized carbons (Fsp3) is 0.0833. The van der Waals surface area contributed by atoms with Gasteiger partial charge in [0.05, 0.1) is 27.7 Å². The molecular formula is C24H18N2O5S. The minimum atomic E-state index is -0.510. The second kappa shape index (κ2) is 9.07. The first-order valence-corrected chi connectivity index (χ1v) is 10.7. The monoisotopic (exact) mass is 446 g/mol. The zero-order valence-corrected chi connectivity index (χ0v) is 17.9. The average molecular weight is 446 g/mol. The second-order valence-corrected chi connectivity index (χ2v) is 7.85. The first-order valence-electron chi connectivity index (χ1n) is 9.84. The van der Waals surface area contributed by atoms with Crippen molar-refractivity contribution in [2.24, 2.45) is 0 Å². The van der Waals surface area contributed by atoms with Gasteiger partial charge in [0.2, 0.25) is 0 Å². The van der Waals surface area contributed by atoms with Gasteiger partial charge in [-0.25, -0.2) is 4.90 Å². The van der Waals surface area contributed by atoms with Gasteiger partial charge in [0.1, 0.15) is 5.75 Å². The highest BCUT2D eigenvalue weighted by molar-refractivity contribution is 8.04. The Labute approximate surface area is 188 Å². The SMILES string of the molecule is CCOc1ccccc1N1C(=O)C(Sc2ccccc2)=C(c2ccc([N+](=O)[O-])cc2)C1=O. The van der Waals surface area contributed by atoms with Crippen molar-refractivity contribution >= 4 is 40.5 Å². The van der Waals surface area contributed by atoms with Crippen LogP contribution in [0.25, 0.3) is 5.57 Å². The number of non-ortho nitro benzene ring substituents is 1. The largest absolute Gasteiger partial charge is 0.492 e. The van der Waals surface area contributed by atoms with Gasteiger partial charge in [-0.1, -0.05) is 42.1 Å². The number of ether oxygens (including phenoxy) is 1. The van der Waals surface area contributed by atoms with Crippen LogP contribution in [0, 0.1) is 10.1 Å². The molecule has 0 radical (unpaired) electrons. The summed E-state index contributed by atoms with van der Waals surface area (Å²) in [5.41, 5.74) is 0.892. The van der Waals surface area contributed by atoms with Crippen molar-refractivity contribution in [2.75, 3.05) is 11.5 Å². The molecule has 0 fully saturated rings. The summed E-state index contributed by atoms with van der Waals surface area (Å²) in [7, 11) is 0. The lowest BCUT2D eigenvalue weighted by Gasteiger charge is -2.18. The van der Waals surface area contributed by atoms with Crippen molar-refractivity contribution in [3.05, 3.63) is 99.4 Å². The van der Waals surface area contributed by atoms with Crippen LogP contribution in [0.1, 0.15) is 12.5 Å². The number of para-hydroxylation sites is 2. The van der Waals surface area contributed by atoms with Crippen LogP contribution in [0.5, 0.6) is 5.75 Å². The first kappa shape index (κ1) is 21.3. The lowest BCUT2D eigenvalue weighted by molar-refractivity contribution is -0.384. The molecule has 0 N–H and O–H groups in total. The zero-order chi connectivity index (χ0) is 22.7. The molecule has 4 rings (SSSR count). The number of nitrogens with zero attached hydrogens (tertiary/aromatic N) is 2. The van der Waals surface area contributed by atoms with Crippen LogP contribution in [0.3, 0.4) is 0 Å². The van der Waals surface area contributed by atoms with E-state index >= 15 is 0 Å². The Morgan fingerprint density at radius 1 is 0.906 bits per heavy atom. The molecule has 32 heavy (non-hydrogen) atoms. The fourth-order valence-corrected chi connectivity index (χ4v) is 4.37. The van der Waals surface area contributed by atoms with Crippen molar-refractivity contribution in [3.8, 4) is 5.75 Å². The lowest BCUT2D eigenvalue weighted by atomic mass is 10.1. The normalized spacial score (nSPS) is 13.6. The molecule has 0 atom stereocenters. The van der Waals surface area contributed by atoms with Crippen LogP contribution >= 0.6 is 11.8 Å². The number of thioether (sulfide) groups is 1. The number of carbonyl (C=O) groups excluding carboxylic acids is 2. The summed E-state index contributed by atoms with van der Waals surface area (Å²) in [6.45, 7) is 2.20. The summed E-state index contributed by atoms with van der Waals surface area (Å²) in [5, 5.41) is 11.0. The molecule has 0 saturated heterocycles. The minimum absolute atomic E-state index is 0.0954. The summed E-state index contributed by atoms with van der Waals surface area (Å²) in [4.78, 5) is 39.7. The van der Waals surface area contributed by atoms with Gasteiger partial charge >= 0.3 is 0 Å². The predicted octanol–water partition coefficient (Wildman–Crippen LogP) is 5.07. The van der Waals surface area contributed by atoms with Gasteiger partial charge in [-0.05, 0) is 48.9 Å². The summed E-state index contributed by atoms with van der Waals surface area (Å²) >= 11 is 1.19. The molecule has 0 spiro atoms. The van der Waals surface area contributed by atoms with E-state index in [0.29, 0.717) is 23.6 Å². The molecule has 8 heteroatoms. The van der Waals surface area contributed by atoms with Gasteiger partial charge < -0.3 is 4.74 Å². The number of nitro groups is 1. The minimum Gasteiger partial charge on any atom is -0.492 e. The number of anilines is 1. The standard InChI is InChI=1S/C24H18N2O5S/c1-2-31-20-11-7-6-10-19(20)25-23(27)21(16-12-14-17(15-13-16)26(29)30)22(24(25)28)32-18-8-4-3-5-9-18/h3-15H,2H2,1H3. The highest BCUT2D eigenvalue weighted by atomic mass is 32.2. The maximum absolute atomic E-state index is 13.5. The van der Waals surface area contributed by atoms with Gasteiger partial charge in [-0.15, -0.1) is 0 Å². The molecule has 1 aliphatic rings. The van der Waals surface area contributed by atoms with Crippen LogP contribution < -0.4 is 9.64 Å². The molecule has 1 aliphatic heterocycles. The van der Waals surface area contributed by atoms with Gasteiger partial charge in [0.15, 0.2) is 0 Å². The Bertz CT molecular complexity index is 1220. The molecule has 0 aromatic heterocycles. The van der Waals surface area contributed by atoms with Gasteiger partial charge in [-0.3, -0.25) is 19.7 Å². The topological polar surface area (TPSA) is 89.8 Å². The van der Waals surface area contributed by atoms with Crippen LogP contribution in [-0.2, 0) is 9.59 Å². The molecule has 0 unspecified atom stereocenters. The molecule has 2 amide bonds. The molecule has 3 aromatic rings. The highest BCUT2D eigenvalue weighted by Gasteiger charge is 2.41. The molecular weight excluding hydrogens is 428 g/mol.